The van der Waals surface area contributed by atoms with Crippen molar-refractivity contribution >= 4 is 29.0 Å². The van der Waals surface area contributed by atoms with Gasteiger partial charge in [-0.25, -0.2) is 0 Å². The van der Waals surface area contributed by atoms with Crippen LogP contribution in [-0.4, -0.2) is 15.5 Å². The van der Waals surface area contributed by atoms with Crippen molar-refractivity contribution < 1.29 is 9.21 Å². The molecule has 2 aromatic heterocycles. The normalized spacial score (nSPS) is 12.2. The Hall–Kier alpha value is -2.67. The summed E-state index contributed by atoms with van der Waals surface area (Å²) in [7, 11) is 0. The van der Waals surface area contributed by atoms with Crippen LogP contribution in [-0.2, 0) is 11.3 Å². The van der Waals surface area contributed by atoms with Crippen LogP contribution in [0, 0.1) is 4.77 Å². The Kier molecular flexibility index (Phi) is 4.12. The molecule has 2 N–H and O–H groups in total. The van der Waals surface area contributed by atoms with Gasteiger partial charge < -0.3 is 14.7 Å². The molecular formula is C16H15N3O3S. The SMILES string of the molecule is C[C@@H](C(=O)NCc1ccco1)n1c(=S)[nH]c2ccccc2c1=O. The van der Waals surface area contributed by atoms with Gasteiger partial charge >= 0.3 is 0 Å². The summed E-state index contributed by atoms with van der Waals surface area (Å²) >= 11 is 5.24. The second-order valence-electron chi connectivity index (χ2n) is 5.12. The van der Waals surface area contributed by atoms with Crippen LogP contribution in [0.3, 0.4) is 0 Å². The number of carbonyl (C=O) groups is 1. The van der Waals surface area contributed by atoms with Crippen LogP contribution in [0.5, 0.6) is 0 Å². The molecule has 1 atom stereocenters. The van der Waals surface area contributed by atoms with Crippen molar-refractivity contribution in [3.05, 3.63) is 63.5 Å². The van der Waals surface area contributed by atoms with Crippen LogP contribution in [0.1, 0.15) is 18.7 Å². The standard InChI is InChI=1S/C16H15N3O3S/c1-10(14(20)17-9-11-5-4-8-22-11)19-15(21)12-6-2-3-7-13(12)18-16(19)23/h2-8,10H,9H2,1H3,(H,17,20)(H,18,23)/t10-/m0/s1. The summed E-state index contributed by atoms with van der Waals surface area (Å²) < 4.78 is 6.67. The van der Waals surface area contributed by atoms with Gasteiger partial charge in [0.15, 0.2) is 4.77 Å². The molecule has 0 saturated heterocycles. The number of nitrogens with one attached hydrogen (secondary N) is 2. The van der Waals surface area contributed by atoms with Crippen LogP contribution in [0.25, 0.3) is 10.9 Å². The lowest BCUT2D eigenvalue weighted by Gasteiger charge is -2.15. The van der Waals surface area contributed by atoms with Crippen molar-refractivity contribution in [2.45, 2.75) is 19.5 Å². The number of carbonyl (C=O) groups excluding carboxylic acids is 1. The molecule has 1 amide bonds. The molecule has 23 heavy (non-hydrogen) atoms. The van der Waals surface area contributed by atoms with Gasteiger partial charge in [0.1, 0.15) is 11.8 Å². The highest BCUT2D eigenvalue weighted by Gasteiger charge is 2.18. The van der Waals surface area contributed by atoms with Crippen molar-refractivity contribution in [3.8, 4) is 0 Å². The molecule has 1 aromatic carbocycles. The number of H-pyrrole nitrogens is 1. The molecular weight excluding hydrogens is 314 g/mol. The van der Waals surface area contributed by atoms with Gasteiger partial charge in [-0.3, -0.25) is 14.2 Å². The lowest BCUT2D eigenvalue weighted by atomic mass is 10.2. The maximum absolute atomic E-state index is 12.6. The van der Waals surface area contributed by atoms with E-state index in [-0.39, 0.29) is 22.8 Å². The van der Waals surface area contributed by atoms with E-state index in [0.717, 1.165) is 0 Å². The van der Waals surface area contributed by atoms with Crippen molar-refractivity contribution in [2.75, 3.05) is 0 Å². The summed E-state index contributed by atoms with van der Waals surface area (Å²) in [6.07, 6.45) is 1.54. The third-order valence-electron chi connectivity index (χ3n) is 3.62. The van der Waals surface area contributed by atoms with E-state index in [9.17, 15) is 9.59 Å². The fourth-order valence-electron chi connectivity index (χ4n) is 2.38. The smallest absolute Gasteiger partial charge is 0.262 e. The largest absolute Gasteiger partial charge is 0.467 e. The molecule has 0 radical (unpaired) electrons. The van der Waals surface area contributed by atoms with Gasteiger partial charge in [-0.05, 0) is 43.4 Å². The molecule has 0 bridgehead atoms. The van der Waals surface area contributed by atoms with Gasteiger partial charge in [-0.1, -0.05) is 12.1 Å². The van der Waals surface area contributed by atoms with Gasteiger partial charge in [0.2, 0.25) is 5.91 Å². The molecule has 3 rings (SSSR count). The third-order valence-corrected chi connectivity index (χ3v) is 3.92. The van der Waals surface area contributed by atoms with E-state index in [1.165, 1.54) is 10.8 Å². The van der Waals surface area contributed by atoms with E-state index in [1.54, 1.807) is 37.3 Å². The van der Waals surface area contributed by atoms with Crippen molar-refractivity contribution in [2.24, 2.45) is 0 Å². The summed E-state index contributed by atoms with van der Waals surface area (Å²) in [6.45, 7) is 1.90. The number of benzene rings is 1. The Morgan fingerprint density at radius 1 is 1.35 bits per heavy atom. The van der Waals surface area contributed by atoms with E-state index in [4.69, 9.17) is 16.6 Å². The Morgan fingerprint density at radius 2 is 2.13 bits per heavy atom. The molecule has 0 aliphatic carbocycles. The molecule has 2 heterocycles. The molecule has 0 aliphatic heterocycles. The number of aromatic nitrogens is 2. The molecule has 3 aromatic rings. The highest BCUT2D eigenvalue weighted by molar-refractivity contribution is 7.71. The summed E-state index contributed by atoms with van der Waals surface area (Å²) in [4.78, 5) is 27.9. The first-order valence-electron chi connectivity index (χ1n) is 7.11. The van der Waals surface area contributed by atoms with Gasteiger partial charge in [-0.2, -0.15) is 0 Å². The second-order valence-corrected chi connectivity index (χ2v) is 5.51. The Labute approximate surface area is 136 Å². The highest BCUT2D eigenvalue weighted by Crippen LogP contribution is 2.10. The summed E-state index contributed by atoms with van der Waals surface area (Å²) in [5.74, 6) is 0.333. The quantitative estimate of drug-likeness (QED) is 0.721. The first kappa shape index (κ1) is 15.2. The van der Waals surface area contributed by atoms with Crippen molar-refractivity contribution in [1.82, 2.24) is 14.9 Å². The number of hydrogen-bond donors (Lipinski definition) is 2. The number of nitrogens with zero attached hydrogens (tertiary/aromatic N) is 1. The Morgan fingerprint density at radius 3 is 2.87 bits per heavy atom. The zero-order valence-electron chi connectivity index (χ0n) is 12.4. The number of aromatic amines is 1. The number of amides is 1. The Balaban J connectivity index is 1.91. The third kappa shape index (κ3) is 2.95. The van der Waals surface area contributed by atoms with Crippen molar-refractivity contribution in [1.29, 1.82) is 0 Å². The van der Waals surface area contributed by atoms with Crippen LogP contribution in [0.2, 0.25) is 0 Å². The number of fused-ring (bicyclic) bond motifs is 1. The monoisotopic (exact) mass is 329 g/mol. The summed E-state index contributed by atoms with van der Waals surface area (Å²) in [6, 6.07) is 9.84. The fraction of sp³-hybridized carbons (Fsp3) is 0.188. The predicted octanol–water partition coefficient (Wildman–Crippen LogP) is 2.53. The zero-order chi connectivity index (χ0) is 16.4. The first-order chi connectivity index (χ1) is 11.1. The van der Waals surface area contributed by atoms with Crippen molar-refractivity contribution in [3.63, 3.8) is 0 Å². The second kappa shape index (κ2) is 6.21. The van der Waals surface area contributed by atoms with E-state index in [1.807, 2.05) is 6.07 Å². The number of para-hydroxylation sites is 1. The zero-order valence-corrected chi connectivity index (χ0v) is 13.2. The molecule has 0 fully saturated rings. The summed E-state index contributed by atoms with van der Waals surface area (Å²) in [5.41, 5.74) is 0.368. The molecule has 0 spiro atoms. The topological polar surface area (TPSA) is 80.0 Å². The van der Waals surface area contributed by atoms with E-state index in [0.29, 0.717) is 16.7 Å². The number of rotatable bonds is 4. The predicted molar refractivity (Wildman–Crippen MR) is 88.7 cm³/mol. The maximum Gasteiger partial charge on any atom is 0.262 e. The highest BCUT2D eigenvalue weighted by atomic mass is 32.1. The summed E-state index contributed by atoms with van der Waals surface area (Å²) in [5, 5.41) is 3.23. The molecule has 0 aliphatic rings. The Bertz CT molecular complexity index is 957. The van der Waals surface area contributed by atoms with Gasteiger partial charge in [0.25, 0.3) is 5.56 Å². The average Bonchev–Trinajstić information content (AvgIpc) is 3.06. The fourth-order valence-corrected chi connectivity index (χ4v) is 2.73. The lowest BCUT2D eigenvalue weighted by Crippen LogP contribution is -2.36. The van der Waals surface area contributed by atoms with Crippen LogP contribution in [0.15, 0.2) is 51.9 Å². The van der Waals surface area contributed by atoms with Gasteiger partial charge in [0, 0.05) is 0 Å². The minimum absolute atomic E-state index is 0.217. The lowest BCUT2D eigenvalue weighted by molar-refractivity contribution is -0.124. The molecule has 0 saturated carbocycles. The first-order valence-corrected chi connectivity index (χ1v) is 7.52. The minimum atomic E-state index is -0.731. The van der Waals surface area contributed by atoms with Crippen LogP contribution >= 0.6 is 12.2 Å². The molecule has 7 heteroatoms. The van der Waals surface area contributed by atoms with Crippen LogP contribution in [0.4, 0.5) is 0 Å². The van der Waals surface area contributed by atoms with Gasteiger partial charge in [-0.15, -0.1) is 0 Å². The van der Waals surface area contributed by atoms with E-state index < -0.39 is 6.04 Å². The van der Waals surface area contributed by atoms with Gasteiger partial charge in [0.05, 0.1) is 23.7 Å². The maximum atomic E-state index is 12.6. The molecule has 118 valence electrons. The number of furan rings is 1. The number of hydrogen-bond acceptors (Lipinski definition) is 4. The van der Waals surface area contributed by atoms with Crippen LogP contribution < -0.4 is 10.9 Å². The minimum Gasteiger partial charge on any atom is -0.467 e. The molecule has 0 unspecified atom stereocenters. The molecule has 6 nitrogen and oxygen atoms in total. The van der Waals surface area contributed by atoms with E-state index >= 15 is 0 Å². The van der Waals surface area contributed by atoms with E-state index in [2.05, 4.69) is 10.3 Å². The average molecular weight is 329 g/mol.